The molecule has 1 rings (SSSR count). The monoisotopic (exact) mass is 266 g/mol. The van der Waals surface area contributed by atoms with Gasteiger partial charge in [0.15, 0.2) is 5.75 Å². The van der Waals surface area contributed by atoms with Gasteiger partial charge in [-0.25, -0.2) is 0 Å². The van der Waals surface area contributed by atoms with Crippen LogP contribution in [0.15, 0.2) is 18.2 Å². The van der Waals surface area contributed by atoms with Gasteiger partial charge in [0.1, 0.15) is 0 Å². The van der Waals surface area contributed by atoms with Crippen molar-refractivity contribution in [3.05, 3.63) is 23.8 Å². The highest BCUT2D eigenvalue weighted by Crippen LogP contribution is 2.26. The molecule has 1 aromatic carbocycles. The first-order chi connectivity index (χ1) is 9.10. The summed E-state index contributed by atoms with van der Waals surface area (Å²) in [7, 11) is 0. The number of anilines is 1. The molecule has 19 heavy (non-hydrogen) atoms. The van der Waals surface area contributed by atoms with Gasteiger partial charge in [0.05, 0.1) is 24.0 Å². The Morgan fingerprint density at radius 3 is 2.74 bits per heavy atom. The number of benzene rings is 1. The lowest BCUT2D eigenvalue weighted by Crippen LogP contribution is -2.32. The maximum absolute atomic E-state index is 12.1. The summed E-state index contributed by atoms with van der Waals surface area (Å²) in [5.74, 6) is 0.230. The predicted octanol–water partition coefficient (Wildman–Crippen LogP) is 1.82. The summed E-state index contributed by atoms with van der Waals surface area (Å²) in [4.78, 5) is 12.1. The van der Waals surface area contributed by atoms with Gasteiger partial charge in [0.25, 0.3) is 5.91 Å². The van der Waals surface area contributed by atoms with Gasteiger partial charge in [-0.1, -0.05) is 6.07 Å². The van der Waals surface area contributed by atoms with Gasteiger partial charge in [0, 0.05) is 13.2 Å². The van der Waals surface area contributed by atoms with Crippen LogP contribution in [0, 0.1) is 0 Å². The number of nitrogens with one attached hydrogen (secondary N) is 1. The number of hydrogen-bond acceptors (Lipinski definition) is 4. The molecule has 0 radical (unpaired) electrons. The molecule has 1 atom stereocenters. The molecule has 0 aliphatic carbocycles. The Kier molecular flexibility index (Phi) is 6.15. The number of nitrogens with two attached hydrogens (primary N) is 1. The first-order valence-electron chi connectivity index (χ1n) is 6.51. The van der Waals surface area contributed by atoms with Crippen molar-refractivity contribution < 1.29 is 14.3 Å². The van der Waals surface area contributed by atoms with Crippen LogP contribution in [0.4, 0.5) is 5.69 Å². The first kappa shape index (κ1) is 15.3. The molecule has 0 heterocycles. The Bertz CT molecular complexity index is 421. The third-order valence-corrected chi connectivity index (χ3v) is 2.58. The Labute approximate surface area is 114 Å². The second-order valence-corrected chi connectivity index (χ2v) is 4.13. The summed E-state index contributed by atoms with van der Waals surface area (Å²) in [6.45, 7) is 7.22. The molecule has 0 saturated heterocycles. The largest absolute Gasteiger partial charge is 0.491 e. The molecule has 0 spiro atoms. The number of ether oxygens (including phenoxy) is 2. The minimum absolute atomic E-state index is 0.0226. The molecule has 0 fully saturated rings. The zero-order valence-electron chi connectivity index (χ0n) is 11.7. The summed E-state index contributed by atoms with van der Waals surface area (Å²) in [6.07, 6.45) is -0.0226. The van der Waals surface area contributed by atoms with E-state index in [2.05, 4.69) is 5.32 Å². The lowest BCUT2D eigenvalue weighted by molar-refractivity contribution is 0.0694. The Hall–Kier alpha value is -1.75. The molecule has 0 saturated carbocycles. The van der Waals surface area contributed by atoms with Gasteiger partial charge in [0.2, 0.25) is 0 Å². The molecule has 0 aliphatic heterocycles. The molecule has 1 unspecified atom stereocenters. The smallest absolute Gasteiger partial charge is 0.255 e. The Morgan fingerprint density at radius 1 is 1.37 bits per heavy atom. The Balaban J connectivity index is 2.73. The second kappa shape index (κ2) is 7.63. The molecule has 5 nitrogen and oxygen atoms in total. The van der Waals surface area contributed by atoms with Crippen molar-refractivity contribution >= 4 is 11.6 Å². The topological polar surface area (TPSA) is 73.6 Å². The van der Waals surface area contributed by atoms with Crippen molar-refractivity contribution in [1.82, 2.24) is 5.32 Å². The normalized spacial score (nSPS) is 11.9. The van der Waals surface area contributed by atoms with Crippen molar-refractivity contribution in [3.8, 4) is 5.75 Å². The minimum atomic E-state index is -0.206. The van der Waals surface area contributed by atoms with Crippen LogP contribution in [-0.2, 0) is 4.74 Å². The standard InChI is InChI=1S/C14H22N2O3/c1-4-18-10(3)9-16-14(17)11-7-6-8-12(15)13(11)19-5-2/h6-8,10H,4-5,9,15H2,1-3H3,(H,16,17). The van der Waals surface area contributed by atoms with Gasteiger partial charge in [-0.3, -0.25) is 4.79 Å². The summed E-state index contributed by atoms with van der Waals surface area (Å²) in [5, 5.41) is 2.81. The van der Waals surface area contributed by atoms with Crippen LogP contribution in [0.5, 0.6) is 5.75 Å². The van der Waals surface area contributed by atoms with E-state index in [1.54, 1.807) is 18.2 Å². The van der Waals surface area contributed by atoms with Crippen molar-refractivity contribution in [2.24, 2.45) is 0 Å². The van der Waals surface area contributed by atoms with E-state index in [1.807, 2.05) is 20.8 Å². The van der Waals surface area contributed by atoms with Crippen LogP contribution in [0.1, 0.15) is 31.1 Å². The summed E-state index contributed by atoms with van der Waals surface area (Å²) in [5.41, 5.74) is 6.73. The molecule has 0 bridgehead atoms. The summed E-state index contributed by atoms with van der Waals surface area (Å²) < 4.78 is 10.8. The molecular weight excluding hydrogens is 244 g/mol. The predicted molar refractivity (Wildman–Crippen MR) is 75.4 cm³/mol. The van der Waals surface area contributed by atoms with E-state index in [0.29, 0.717) is 36.8 Å². The number of carbonyl (C=O) groups excluding carboxylic acids is 1. The van der Waals surface area contributed by atoms with E-state index in [1.165, 1.54) is 0 Å². The number of nitrogen functional groups attached to an aromatic ring is 1. The summed E-state index contributed by atoms with van der Waals surface area (Å²) >= 11 is 0. The lowest BCUT2D eigenvalue weighted by Gasteiger charge is -2.15. The van der Waals surface area contributed by atoms with E-state index in [-0.39, 0.29) is 12.0 Å². The van der Waals surface area contributed by atoms with E-state index in [0.717, 1.165) is 0 Å². The van der Waals surface area contributed by atoms with E-state index in [9.17, 15) is 4.79 Å². The summed E-state index contributed by atoms with van der Waals surface area (Å²) in [6, 6.07) is 5.14. The van der Waals surface area contributed by atoms with Crippen LogP contribution in [0.2, 0.25) is 0 Å². The van der Waals surface area contributed by atoms with Gasteiger partial charge in [-0.05, 0) is 32.9 Å². The highest BCUT2D eigenvalue weighted by molar-refractivity contribution is 5.98. The quantitative estimate of drug-likeness (QED) is 0.738. The van der Waals surface area contributed by atoms with Crippen LogP contribution >= 0.6 is 0 Å². The van der Waals surface area contributed by atoms with Crippen LogP contribution in [0.25, 0.3) is 0 Å². The van der Waals surface area contributed by atoms with Gasteiger partial charge in [-0.2, -0.15) is 0 Å². The van der Waals surface area contributed by atoms with Crippen molar-refractivity contribution in [3.63, 3.8) is 0 Å². The zero-order valence-corrected chi connectivity index (χ0v) is 11.7. The molecule has 5 heteroatoms. The molecule has 106 valence electrons. The number of para-hydroxylation sites is 1. The third kappa shape index (κ3) is 4.44. The van der Waals surface area contributed by atoms with Gasteiger partial charge < -0.3 is 20.5 Å². The average molecular weight is 266 g/mol. The molecule has 0 aromatic heterocycles. The number of amides is 1. The third-order valence-electron chi connectivity index (χ3n) is 2.58. The maximum Gasteiger partial charge on any atom is 0.255 e. The maximum atomic E-state index is 12.1. The molecule has 1 aromatic rings. The fraction of sp³-hybridized carbons (Fsp3) is 0.500. The fourth-order valence-electron chi connectivity index (χ4n) is 1.71. The molecule has 0 aliphatic rings. The minimum Gasteiger partial charge on any atom is -0.491 e. The van der Waals surface area contributed by atoms with Crippen LogP contribution in [-0.4, -0.2) is 31.8 Å². The highest BCUT2D eigenvalue weighted by atomic mass is 16.5. The van der Waals surface area contributed by atoms with Crippen LogP contribution in [0.3, 0.4) is 0 Å². The number of carbonyl (C=O) groups is 1. The Morgan fingerprint density at radius 2 is 2.11 bits per heavy atom. The number of rotatable bonds is 7. The zero-order chi connectivity index (χ0) is 14.3. The molecule has 1 amide bonds. The van der Waals surface area contributed by atoms with Crippen molar-refractivity contribution in [2.45, 2.75) is 26.9 Å². The van der Waals surface area contributed by atoms with Crippen LogP contribution < -0.4 is 15.8 Å². The second-order valence-electron chi connectivity index (χ2n) is 4.13. The lowest BCUT2D eigenvalue weighted by atomic mass is 10.1. The molecule has 3 N–H and O–H groups in total. The fourth-order valence-corrected chi connectivity index (χ4v) is 1.71. The van der Waals surface area contributed by atoms with E-state index < -0.39 is 0 Å². The number of hydrogen-bond donors (Lipinski definition) is 2. The van der Waals surface area contributed by atoms with E-state index in [4.69, 9.17) is 15.2 Å². The van der Waals surface area contributed by atoms with Gasteiger partial charge in [-0.15, -0.1) is 0 Å². The van der Waals surface area contributed by atoms with E-state index >= 15 is 0 Å². The van der Waals surface area contributed by atoms with Gasteiger partial charge >= 0.3 is 0 Å². The SMILES string of the molecule is CCOc1c(N)cccc1C(=O)NCC(C)OCC. The van der Waals surface area contributed by atoms with Crippen molar-refractivity contribution in [1.29, 1.82) is 0 Å². The van der Waals surface area contributed by atoms with Crippen molar-refractivity contribution in [2.75, 3.05) is 25.5 Å². The highest BCUT2D eigenvalue weighted by Gasteiger charge is 2.15. The first-order valence-corrected chi connectivity index (χ1v) is 6.51. The average Bonchev–Trinajstić information content (AvgIpc) is 2.39. The molecular formula is C14H22N2O3.